The number of phenols is 1. The monoisotopic (exact) mass is 386 g/mol. The SMILES string of the molecule is CCC1(O)Oc2cc3c(cc2C(c2ccc(O)cc2OC)C1C(C)=O)OCO3. The number of rotatable bonds is 4. The van der Waals surface area contributed by atoms with Gasteiger partial charge >= 0.3 is 0 Å². The summed E-state index contributed by atoms with van der Waals surface area (Å²) in [6.07, 6.45) is 0.210. The molecule has 3 atom stereocenters. The van der Waals surface area contributed by atoms with Crippen molar-refractivity contribution in [1.82, 2.24) is 0 Å². The topological polar surface area (TPSA) is 94.5 Å². The molecule has 0 saturated heterocycles. The molecule has 28 heavy (non-hydrogen) atoms. The van der Waals surface area contributed by atoms with Crippen LogP contribution in [0.2, 0.25) is 0 Å². The van der Waals surface area contributed by atoms with Gasteiger partial charge in [0.2, 0.25) is 12.6 Å². The molecule has 7 heteroatoms. The van der Waals surface area contributed by atoms with E-state index in [-0.39, 0.29) is 24.7 Å². The van der Waals surface area contributed by atoms with Crippen molar-refractivity contribution in [2.24, 2.45) is 5.92 Å². The fraction of sp³-hybridized carbons (Fsp3) is 0.381. The first-order chi connectivity index (χ1) is 13.4. The maximum Gasteiger partial charge on any atom is 0.231 e. The first-order valence-corrected chi connectivity index (χ1v) is 9.10. The molecule has 0 radical (unpaired) electrons. The van der Waals surface area contributed by atoms with Gasteiger partial charge in [-0.05, 0) is 19.1 Å². The van der Waals surface area contributed by atoms with E-state index < -0.39 is 17.6 Å². The van der Waals surface area contributed by atoms with Crippen LogP contribution in [0.15, 0.2) is 30.3 Å². The van der Waals surface area contributed by atoms with Gasteiger partial charge < -0.3 is 29.2 Å². The van der Waals surface area contributed by atoms with Crippen LogP contribution in [0.5, 0.6) is 28.7 Å². The minimum absolute atomic E-state index is 0.0451. The van der Waals surface area contributed by atoms with Crippen molar-refractivity contribution in [3.8, 4) is 28.7 Å². The van der Waals surface area contributed by atoms with Gasteiger partial charge in [-0.25, -0.2) is 0 Å². The van der Waals surface area contributed by atoms with Crippen LogP contribution in [-0.4, -0.2) is 35.7 Å². The van der Waals surface area contributed by atoms with Crippen molar-refractivity contribution < 1.29 is 34.0 Å². The minimum Gasteiger partial charge on any atom is -0.508 e. The van der Waals surface area contributed by atoms with Crippen LogP contribution in [0.3, 0.4) is 0 Å². The van der Waals surface area contributed by atoms with Gasteiger partial charge in [0.25, 0.3) is 0 Å². The number of hydrogen-bond acceptors (Lipinski definition) is 7. The number of methoxy groups -OCH3 is 1. The lowest BCUT2D eigenvalue weighted by molar-refractivity contribution is -0.194. The number of fused-ring (bicyclic) bond motifs is 2. The van der Waals surface area contributed by atoms with Gasteiger partial charge in [0.05, 0.1) is 13.0 Å². The van der Waals surface area contributed by atoms with Crippen molar-refractivity contribution in [2.75, 3.05) is 13.9 Å². The summed E-state index contributed by atoms with van der Waals surface area (Å²) in [7, 11) is 1.49. The molecule has 0 fully saturated rings. The minimum atomic E-state index is -1.69. The molecule has 0 aromatic heterocycles. The number of phenolic OH excluding ortho intramolecular Hbond substituents is 1. The molecule has 2 heterocycles. The summed E-state index contributed by atoms with van der Waals surface area (Å²) >= 11 is 0. The highest BCUT2D eigenvalue weighted by Gasteiger charge is 2.52. The number of carbonyl (C=O) groups is 1. The Morgan fingerprint density at radius 1 is 1.18 bits per heavy atom. The van der Waals surface area contributed by atoms with Gasteiger partial charge in [0, 0.05) is 35.6 Å². The lowest BCUT2D eigenvalue weighted by Gasteiger charge is -2.44. The van der Waals surface area contributed by atoms with E-state index in [1.54, 1.807) is 25.1 Å². The fourth-order valence-electron chi connectivity index (χ4n) is 4.11. The summed E-state index contributed by atoms with van der Waals surface area (Å²) < 4.78 is 22.3. The van der Waals surface area contributed by atoms with Crippen molar-refractivity contribution in [3.63, 3.8) is 0 Å². The molecule has 2 N–H and O–H groups in total. The highest BCUT2D eigenvalue weighted by atomic mass is 16.7. The van der Waals surface area contributed by atoms with E-state index in [2.05, 4.69) is 0 Å². The Balaban J connectivity index is 1.99. The fourth-order valence-corrected chi connectivity index (χ4v) is 4.11. The number of Topliss-reactive ketones (excluding diaryl/α,β-unsaturated/α-hetero) is 1. The Labute approximate surface area is 162 Å². The molecule has 148 valence electrons. The summed E-state index contributed by atoms with van der Waals surface area (Å²) in [5.74, 6) is -1.38. The zero-order chi connectivity index (χ0) is 20.1. The number of benzene rings is 2. The molecule has 3 unspecified atom stereocenters. The van der Waals surface area contributed by atoms with E-state index in [9.17, 15) is 15.0 Å². The normalized spacial score (nSPS) is 25.0. The van der Waals surface area contributed by atoms with E-state index in [0.717, 1.165) is 0 Å². The van der Waals surface area contributed by atoms with Crippen LogP contribution in [0.25, 0.3) is 0 Å². The Kier molecular flexibility index (Phi) is 4.34. The third-order valence-electron chi connectivity index (χ3n) is 5.44. The van der Waals surface area contributed by atoms with Crippen LogP contribution in [-0.2, 0) is 4.79 Å². The zero-order valence-corrected chi connectivity index (χ0v) is 15.9. The first kappa shape index (κ1) is 18.4. The van der Waals surface area contributed by atoms with E-state index in [0.29, 0.717) is 34.1 Å². The molecule has 0 bridgehead atoms. The van der Waals surface area contributed by atoms with Gasteiger partial charge in [-0.15, -0.1) is 0 Å². The molecule has 0 spiro atoms. The van der Waals surface area contributed by atoms with E-state index in [1.807, 2.05) is 0 Å². The van der Waals surface area contributed by atoms with E-state index in [4.69, 9.17) is 18.9 Å². The predicted molar refractivity (Wildman–Crippen MR) is 99.1 cm³/mol. The van der Waals surface area contributed by atoms with Gasteiger partial charge in [-0.1, -0.05) is 13.0 Å². The molecular formula is C21H22O7. The molecule has 4 rings (SSSR count). The molecule has 7 nitrogen and oxygen atoms in total. The Morgan fingerprint density at radius 3 is 2.54 bits per heavy atom. The molecule has 2 aromatic rings. The average molecular weight is 386 g/mol. The number of ether oxygens (including phenoxy) is 4. The van der Waals surface area contributed by atoms with Crippen LogP contribution in [0.4, 0.5) is 0 Å². The highest BCUT2D eigenvalue weighted by molar-refractivity contribution is 5.82. The Bertz CT molecular complexity index is 939. The van der Waals surface area contributed by atoms with Crippen LogP contribution >= 0.6 is 0 Å². The number of ketones is 1. The van der Waals surface area contributed by atoms with Crippen molar-refractivity contribution in [3.05, 3.63) is 41.5 Å². The molecule has 2 aliphatic heterocycles. The zero-order valence-electron chi connectivity index (χ0n) is 15.9. The summed E-state index contributed by atoms with van der Waals surface area (Å²) in [4.78, 5) is 12.7. The standard InChI is InChI=1S/C21H22O7/c1-4-21(24)20(11(2)22)19(13-6-5-12(23)7-15(13)25-3)14-8-17-18(27-10-26-17)9-16(14)28-21/h5-9,19-20,23-24H,4,10H2,1-3H3. The third-order valence-corrected chi connectivity index (χ3v) is 5.44. The molecule has 0 aliphatic carbocycles. The number of hydrogen-bond donors (Lipinski definition) is 2. The molecule has 2 aliphatic rings. The van der Waals surface area contributed by atoms with E-state index in [1.165, 1.54) is 26.2 Å². The quantitative estimate of drug-likeness (QED) is 0.834. The second-order valence-corrected chi connectivity index (χ2v) is 7.04. The van der Waals surface area contributed by atoms with Gasteiger partial charge in [0.1, 0.15) is 23.0 Å². The molecular weight excluding hydrogens is 364 g/mol. The summed E-state index contributed by atoms with van der Waals surface area (Å²) in [5, 5.41) is 21.1. The number of aromatic hydroxyl groups is 1. The van der Waals surface area contributed by atoms with Gasteiger partial charge in [-0.2, -0.15) is 0 Å². The number of aliphatic hydroxyl groups is 1. The van der Waals surface area contributed by atoms with Crippen molar-refractivity contribution >= 4 is 5.78 Å². The Hall–Kier alpha value is -2.93. The maximum absolute atomic E-state index is 12.7. The highest BCUT2D eigenvalue weighted by Crippen LogP contribution is 2.54. The average Bonchev–Trinajstić information content (AvgIpc) is 3.12. The largest absolute Gasteiger partial charge is 0.508 e. The third kappa shape index (κ3) is 2.74. The predicted octanol–water partition coefficient (Wildman–Crippen LogP) is 2.96. The lowest BCUT2D eigenvalue weighted by atomic mass is 9.71. The maximum atomic E-state index is 12.7. The first-order valence-electron chi connectivity index (χ1n) is 9.10. The van der Waals surface area contributed by atoms with Crippen molar-refractivity contribution in [2.45, 2.75) is 32.0 Å². The van der Waals surface area contributed by atoms with Gasteiger partial charge in [0.15, 0.2) is 11.5 Å². The number of carbonyl (C=O) groups excluding carboxylic acids is 1. The van der Waals surface area contributed by atoms with Crippen molar-refractivity contribution in [1.29, 1.82) is 0 Å². The van der Waals surface area contributed by atoms with Crippen LogP contribution in [0.1, 0.15) is 37.3 Å². The van der Waals surface area contributed by atoms with Crippen LogP contribution in [0, 0.1) is 5.92 Å². The smallest absolute Gasteiger partial charge is 0.231 e. The summed E-state index contributed by atoms with van der Waals surface area (Å²) in [5.41, 5.74) is 1.35. The molecule has 2 aromatic carbocycles. The van der Waals surface area contributed by atoms with Gasteiger partial charge in [-0.3, -0.25) is 4.79 Å². The van der Waals surface area contributed by atoms with E-state index >= 15 is 0 Å². The Morgan fingerprint density at radius 2 is 1.89 bits per heavy atom. The lowest BCUT2D eigenvalue weighted by Crippen LogP contribution is -2.52. The second-order valence-electron chi connectivity index (χ2n) is 7.04. The second kappa shape index (κ2) is 6.60. The molecule has 0 amide bonds. The summed E-state index contributed by atoms with van der Waals surface area (Å²) in [6, 6.07) is 8.17. The van der Waals surface area contributed by atoms with Crippen LogP contribution < -0.4 is 18.9 Å². The summed E-state index contributed by atoms with van der Waals surface area (Å²) in [6.45, 7) is 3.30. The molecule has 0 saturated carbocycles.